The summed E-state index contributed by atoms with van der Waals surface area (Å²) in [6, 6.07) is 18.1. The van der Waals surface area contributed by atoms with E-state index in [4.69, 9.17) is 0 Å². The Bertz CT molecular complexity index is 1840. The fourth-order valence-electron chi connectivity index (χ4n) is 11.8. The fraction of sp³-hybridized carbons (Fsp3) is 0.725. The monoisotopic (exact) mass is 1190 g/mol. The van der Waals surface area contributed by atoms with Gasteiger partial charge in [-0.15, -0.1) is 0 Å². The van der Waals surface area contributed by atoms with E-state index in [-0.39, 0.29) is 16.5 Å². The minimum absolute atomic E-state index is 0. The molecule has 478 valence electrons. The van der Waals surface area contributed by atoms with Gasteiger partial charge in [0.15, 0.2) is 0 Å². The van der Waals surface area contributed by atoms with Gasteiger partial charge in [0.05, 0.1) is 0 Å². The first-order valence-electron chi connectivity index (χ1n) is 36.4. The summed E-state index contributed by atoms with van der Waals surface area (Å²) >= 11 is 0. The zero-order valence-corrected chi connectivity index (χ0v) is 57.4. The summed E-state index contributed by atoms with van der Waals surface area (Å²) in [6.45, 7) is 23.0. The van der Waals surface area contributed by atoms with E-state index in [0.29, 0.717) is 11.8 Å². The van der Waals surface area contributed by atoms with Crippen LogP contribution in [-0.4, -0.2) is 4.70 Å². The number of unbranched alkanes of at least 4 members (excludes halogenated alkanes) is 33. The van der Waals surface area contributed by atoms with E-state index in [1.54, 1.807) is 4.70 Å². The number of hydrogen-bond donors (Lipinski definition) is 0. The summed E-state index contributed by atoms with van der Waals surface area (Å²) in [5, 5.41) is 0. The molecule has 0 aliphatic carbocycles. The first-order valence-corrected chi connectivity index (χ1v) is 36.4. The van der Waals surface area contributed by atoms with Crippen LogP contribution in [0.1, 0.15) is 372 Å². The second-order valence-electron chi connectivity index (χ2n) is 25.1. The van der Waals surface area contributed by atoms with Gasteiger partial charge >= 0.3 is 16.5 Å². The minimum atomic E-state index is 0. The van der Waals surface area contributed by atoms with Crippen LogP contribution in [0.25, 0.3) is 16.9 Å². The molecule has 1 aliphatic heterocycles. The molecule has 1 aliphatic rings. The van der Waals surface area contributed by atoms with Crippen molar-refractivity contribution < 1.29 is 21.2 Å². The third-order valence-corrected chi connectivity index (χ3v) is 17.4. The van der Waals surface area contributed by atoms with Crippen LogP contribution >= 0.6 is 0 Å². The van der Waals surface area contributed by atoms with E-state index in [2.05, 4.69) is 141 Å². The molecular weight excluding hydrogens is 1050 g/mol. The zero-order valence-electron chi connectivity index (χ0n) is 56.4. The van der Waals surface area contributed by atoms with E-state index in [1.165, 1.54) is 304 Å². The van der Waals surface area contributed by atoms with E-state index in [9.17, 15) is 5.53 Å². The number of rotatable bonds is 53. The van der Waals surface area contributed by atoms with Crippen molar-refractivity contribution in [2.75, 3.05) is 0 Å². The first kappa shape index (κ1) is 80.5. The van der Waals surface area contributed by atoms with Crippen LogP contribution in [0.3, 0.4) is 0 Å². The molecule has 0 spiro atoms. The molecule has 0 bridgehead atoms. The molecule has 83 heavy (non-hydrogen) atoms. The Hall–Kier alpha value is -2.51. The van der Waals surface area contributed by atoms with Crippen molar-refractivity contribution >= 4 is 11.4 Å². The smallest absolute Gasteiger partial charge is 0.493 e. The third-order valence-electron chi connectivity index (χ3n) is 17.4. The van der Waals surface area contributed by atoms with Gasteiger partial charge in [0.2, 0.25) is 11.4 Å². The molecule has 2 aromatic rings. The van der Waals surface area contributed by atoms with Gasteiger partial charge in [-0.05, 0) is 112 Å². The Balaban J connectivity index is 0.00000699. The maximum Gasteiger partial charge on any atom is 2.00 e. The molecule has 2 nitrogen and oxygen atoms in total. The van der Waals surface area contributed by atoms with Crippen molar-refractivity contribution in [2.45, 2.75) is 363 Å². The molecule has 0 amide bonds. The third kappa shape index (κ3) is 42.9. The van der Waals surface area contributed by atoms with Gasteiger partial charge in [-0.3, -0.25) is 0 Å². The number of nitrogens with zero attached hydrogens (tertiary/aromatic N) is 2. The van der Waals surface area contributed by atoms with Gasteiger partial charge in [0.1, 0.15) is 0 Å². The van der Waals surface area contributed by atoms with Gasteiger partial charge in [-0.25, -0.2) is 4.70 Å². The van der Waals surface area contributed by atoms with Gasteiger partial charge in [0, 0.05) is 22.8 Å². The molecular formula is C80H138N2Ni. The van der Waals surface area contributed by atoms with Crippen molar-refractivity contribution in [3.05, 3.63) is 126 Å². The van der Waals surface area contributed by atoms with Crippen molar-refractivity contribution in [3.63, 3.8) is 0 Å². The number of benzene rings is 2. The van der Waals surface area contributed by atoms with Gasteiger partial charge in [-0.1, -0.05) is 334 Å². The SMILES string of the molecule is CCCCCCCCCCCCCCCC=CCC(CCCC)CCc1ccccc1C1=CC(CCCCCC)=C(c2ccccc2CCC(CC=CCCCCCCCCCCCCCCC)CCCC)[N+]1=[N-].[CH2-]CCC.[CH2-]CCC.[Ni+2]. The van der Waals surface area contributed by atoms with Gasteiger partial charge < -0.3 is 19.4 Å². The summed E-state index contributed by atoms with van der Waals surface area (Å²) in [6.07, 6.45) is 76.8. The van der Waals surface area contributed by atoms with E-state index < -0.39 is 0 Å². The van der Waals surface area contributed by atoms with Crippen LogP contribution in [-0.2, 0) is 29.3 Å². The average molecular weight is 1190 g/mol. The van der Waals surface area contributed by atoms with Crippen molar-refractivity contribution in [1.82, 2.24) is 0 Å². The average Bonchev–Trinajstić information content (AvgIpc) is 3.40. The largest absolute Gasteiger partial charge is 2.00 e. The molecule has 3 heteroatoms. The van der Waals surface area contributed by atoms with Gasteiger partial charge in [0.25, 0.3) is 0 Å². The Morgan fingerprint density at radius 1 is 0.373 bits per heavy atom. The van der Waals surface area contributed by atoms with Crippen LogP contribution in [0.4, 0.5) is 0 Å². The number of hydrogen-bond acceptors (Lipinski definition) is 0. The van der Waals surface area contributed by atoms with Crippen molar-refractivity contribution in [1.29, 1.82) is 0 Å². The van der Waals surface area contributed by atoms with Crippen LogP contribution < -0.4 is 0 Å². The van der Waals surface area contributed by atoms with E-state index in [0.717, 1.165) is 49.9 Å². The molecule has 3 rings (SSSR count). The topological polar surface area (TPSA) is 25.3 Å². The van der Waals surface area contributed by atoms with Crippen molar-refractivity contribution in [3.8, 4) is 0 Å². The van der Waals surface area contributed by atoms with Crippen molar-refractivity contribution in [2.24, 2.45) is 11.8 Å². The molecule has 0 saturated carbocycles. The van der Waals surface area contributed by atoms with Crippen LogP contribution in [0.5, 0.6) is 0 Å². The fourth-order valence-corrected chi connectivity index (χ4v) is 11.8. The standard InChI is InChI=1S/C72H120N2.2C4H9.Ni/c1-6-11-16-19-21-23-25-27-29-31-33-35-37-39-41-43-52-64(50-14-9-4)59-61-66-54-46-48-57-69(66)71-63-68(56-45-18-13-8-3)72(74(71)73)70-58-49-47-55-67(70)62-60-65(51-15-10-5)53-44-42-40-38-36-34-32-30-28-26-24-22-20-17-12-7-2;2*1-3-4-2;/h41-44,46-49,54-55,57-58,63-65H,6-40,45,50-53,56,59-62H2,1-5H3;2*1,3-4H2,2H3;/q;2*-1;+2. The molecule has 2 unspecified atom stereocenters. The second-order valence-corrected chi connectivity index (χ2v) is 25.1. The Labute approximate surface area is 530 Å². The quantitative estimate of drug-likeness (QED) is 0.0207. The summed E-state index contributed by atoms with van der Waals surface area (Å²) in [5.74, 6) is 1.40. The molecule has 2 aromatic carbocycles. The van der Waals surface area contributed by atoms with Crippen LogP contribution in [0.15, 0.2) is 84.5 Å². The summed E-state index contributed by atoms with van der Waals surface area (Å²) in [4.78, 5) is 0. The molecule has 2 atom stereocenters. The van der Waals surface area contributed by atoms with E-state index >= 15 is 0 Å². The van der Waals surface area contributed by atoms with Crippen LogP contribution in [0.2, 0.25) is 0 Å². The zero-order chi connectivity index (χ0) is 59.6. The molecule has 1 heterocycles. The molecule has 0 saturated heterocycles. The van der Waals surface area contributed by atoms with Gasteiger partial charge in [-0.2, -0.15) is 12.8 Å². The molecule has 0 N–H and O–H groups in total. The second kappa shape index (κ2) is 61.2. The summed E-state index contributed by atoms with van der Waals surface area (Å²) < 4.78 is 1.61. The molecule has 0 radical (unpaired) electrons. The maximum atomic E-state index is 12.5. The minimum Gasteiger partial charge on any atom is -0.493 e. The summed E-state index contributed by atoms with van der Waals surface area (Å²) in [7, 11) is 0. The molecule has 0 aromatic heterocycles. The predicted molar refractivity (Wildman–Crippen MR) is 371 cm³/mol. The Morgan fingerprint density at radius 2 is 0.699 bits per heavy atom. The Morgan fingerprint density at radius 3 is 1.07 bits per heavy atom. The Kier molecular flexibility index (Phi) is 59.3. The molecule has 0 fully saturated rings. The number of allylic oxidation sites excluding steroid dienone is 6. The van der Waals surface area contributed by atoms with E-state index in [1.807, 2.05) is 0 Å². The predicted octanol–water partition coefficient (Wildman–Crippen LogP) is 28.0. The van der Waals surface area contributed by atoms with Crippen LogP contribution in [0, 0.1) is 25.7 Å². The summed E-state index contributed by atoms with van der Waals surface area (Å²) in [5.41, 5.74) is 20.9. The number of aryl methyl sites for hydroxylation is 2. The first-order chi connectivity index (χ1) is 40.4. The normalized spacial score (nSPS) is 13.1. The maximum absolute atomic E-state index is 12.5.